The molecular weight excluding hydrogens is 270 g/mol. The minimum Gasteiger partial charge on any atom is -0.326 e. The first-order valence-corrected chi connectivity index (χ1v) is 7.65. The van der Waals surface area contributed by atoms with E-state index in [2.05, 4.69) is 9.71 Å². The molecule has 0 atom stereocenters. The molecule has 0 aliphatic carbocycles. The summed E-state index contributed by atoms with van der Waals surface area (Å²) in [5.74, 6) is 0. The number of aromatic nitrogens is 1. The number of hydrogen-bond acceptors (Lipinski definition) is 5. The summed E-state index contributed by atoms with van der Waals surface area (Å²) in [7, 11) is -3.53. The average molecular weight is 283 g/mol. The third-order valence-corrected chi connectivity index (χ3v) is 4.68. The zero-order valence-electron chi connectivity index (χ0n) is 9.54. The second kappa shape index (κ2) is 5.57. The fourth-order valence-electron chi connectivity index (χ4n) is 1.51. The van der Waals surface area contributed by atoms with Crippen LogP contribution in [0, 0.1) is 0 Å². The fourth-order valence-corrected chi connectivity index (χ4v) is 3.39. The summed E-state index contributed by atoms with van der Waals surface area (Å²) in [6.07, 6.45) is 1.64. The first kappa shape index (κ1) is 13.2. The molecule has 0 amide bonds. The molecule has 18 heavy (non-hydrogen) atoms. The lowest BCUT2D eigenvalue weighted by Gasteiger charge is -2.09. The minimum atomic E-state index is -3.53. The largest absolute Gasteiger partial charge is 0.326 e. The molecular formula is C11H13N3O2S2. The number of nitrogens with one attached hydrogen (secondary N) is 1. The molecule has 2 rings (SSSR count). The smallest absolute Gasteiger partial charge is 0.241 e. The molecule has 3 N–H and O–H groups in total. The van der Waals surface area contributed by atoms with Gasteiger partial charge in [0.1, 0.15) is 0 Å². The molecule has 0 aliphatic heterocycles. The minimum absolute atomic E-state index is 0.192. The highest BCUT2D eigenvalue weighted by atomic mass is 32.2. The van der Waals surface area contributed by atoms with Crippen molar-refractivity contribution in [1.82, 2.24) is 9.71 Å². The van der Waals surface area contributed by atoms with Crippen molar-refractivity contribution in [3.8, 4) is 0 Å². The first-order valence-electron chi connectivity index (χ1n) is 5.28. The van der Waals surface area contributed by atoms with Gasteiger partial charge >= 0.3 is 0 Å². The third kappa shape index (κ3) is 2.94. The van der Waals surface area contributed by atoms with E-state index in [0.29, 0.717) is 5.56 Å². The molecule has 96 valence electrons. The summed E-state index contributed by atoms with van der Waals surface area (Å²) in [5.41, 5.74) is 7.81. The molecule has 5 nitrogen and oxygen atoms in total. The van der Waals surface area contributed by atoms with Gasteiger partial charge in [0.25, 0.3) is 0 Å². The van der Waals surface area contributed by atoms with Crippen molar-refractivity contribution in [2.45, 2.75) is 18.0 Å². The summed E-state index contributed by atoms with van der Waals surface area (Å²) in [5, 5.41) is 0. The highest BCUT2D eigenvalue weighted by Crippen LogP contribution is 2.15. The van der Waals surface area contributed by atoms with E-state index in [1.165, 1.54) is 11.3 Å². The van der Waals surface area contributed by atoms with Crippen molar-refractivity contribution in [2.24, 2.45) is 5.73 Å². The molecule has 0 unspecified atom stereocenters. The predicted molar refractivity (Wildman–Crippen MR) is 70.5 cm³/mol. The first-order chi connectivity index (χ1) is 8.63. The van der Waals surface area contributed by atoms with Gasteiger partial charge in [-0.05, 0) is 11.6 Å². The van der Waals surface area contributed by atoms with Gasteiger partial charge in [-0.25, -0.2) is 13.1 Å². The molecule has 2 aromatic rings. The Bertz CT molecular complexity index is 609. The van der Waals surface area contributed by atoms with Crippen molar-refractivity contribution >= 4 is 21.4 Å². The maximum absolute atomic E-state index is 12.1. The summed E-state index contributed by atoms with van der Waals surface area (Å²) in [6, 6.07) is 6.71. The van der Waals surface area contributed by atoms with Gasteiger partial charge in [-0.2, -0.15) is 0 Å². The monoisotopic (exact) mass is 283 g/mol. The van der Waals surface area contributed by atoms with Crippen LogP contribution in [0.25, 0.3) is 0 Å². The Balaban J connectivity index is 2.20. The van der Waals surface area contributed by atoms with Crippen LogP contribution < -0.4 is 10.5 Å². The molecule has 1 heterocycles. The number of nitrogens with two attached hydrogens (primary N) is 1. The summed E-state index contributed by atoms with van der Waals surface area (Å²) >= 11 is 1.41. The maximum atomic E-state index is 12.1. The molecule has 0 spiro atoms. The maximum Gasteiger partial charge on any atom is 0.241 e. The van der Waals surface area contributed by atoms with Gasteiger partial charge in [0.15, 0.2) is 0 Å². The fraction of sp³-hybridized carbons (Fsp3) is 0.182. The number of benzene rings is 1. The standard InChI is InChI=1S/C11H13N3O2S2/c12-5-9-3-1-2-4-11(9)18(15,16)14-7-10-6-13-8-17-10/h1-4,6,8,14H,5,7,12H2. The Labute approximate surface area is 110 Å². The van der Waals surface area contributed by atoms with E-state index in [1.807, 2.05) is 0 Å². The second-order valence-electron chi connectivity index (χ2n) is 3.60. The van der Waals surface area contributed by atoms with Gasteiger partial charge in [-0.3, -0.25) is 4.98 Å². The molecule has 0 saturated carbocycles. The van der Waals surface area contributed by atoms with Crippen LogP contribution in [0.15, 0.2) is 40.9 Å². The third-order valence-electron chi connectivity index (χ3n) is 2.40. The van der Waals surface area contributed by atoms with Crippen molar-refractivity contribution in [3.63, 3.8) is 0 Å². The van der Waals surface area contributed by atoms with Crippen LogP contribution >= 0.6 is 11.3 Å². The molecule has 0 radical (unpaired) electrons. The number of nitrogens with zero attached hydrogens (tertiary/aromatic N) is 1. The van der Waals surface area contributed by atoms with Crippen LogP contribution in [-0.4, -0.2) is 13.4 Å². The SMILES string of the molecule is NCc1ccccc1S(=O)(=O)NCc1cncs1. The van der Waals surface area contributed by atoms with Gasteiger partial charge in [-0.15, -0.1) is 11.3 Å². The number of hydrogen-bond donors (Lipinski definition) is 2. The number of sulfonamides is 1. The molecule has 1 aromatic heterocycles. The van der Waals surface area contributed by atoms with E-state index in [0.717, 1.165) is 4.88 Å². The molecule has 0 bridgehead atoms. The van der Waals surface area contributed by atoms with Gasteiger partial charge in [-0.1, -0.05) is 18.2 Å². The Hall–Kier alpha value is -1.28. The lowest BCUT2D eigenvalue weighted by molar-refractivity contribution is 0.580. The molecule has 0 saturated heterocycles. The van der Waals surface area contributed by atoms with E-state index < -0.39 is 10.0 Å². The van der Waals surface area contributed by atoms with Crippen LogP contribution in [0.4, 0.5) is 0 Å². The quantitative estimate of drug-likeness (QED) is 0.860. The molecule has 1 aromatic carbocycles. The predicted octanol–water partition coefficient (Wildman–Crippen LogP) is 1.08. The van der Waals surface area contributed by atoms with Gasteiger partial charge in [0.2, 0.25) is 10.0 Å². The average Bonchev–Trinajstić information content (AvgIpc) is 2.89. The van der Waals surface area contributed by atoms with Crippen molar-refractivity contribution < 1.29 is 8.42 Å². The summed E-state index contributed by atoms with van der Waals surface area (Å²) < 4.78 is 26.8. The highest BCUT2D eigenvalue weighted by molar-refractivity contribution is 7.89. The van der Waals surface area contributed by atoms with E-state index in [1.54, 1.807) is 36.0 Å². The molecule has 0 aliphatic rings. The van der Waals surface area contributed by atoms with E-state index >= 15 is 0 Å². The van der Waals surface area contributed by atoms with Crippen LogP contribution in [-0.2, 0) is 23.1 Å². The van der Waals surface area contributed by atoms with Gasteiger partial charge in [0, 0.05) is 24.2 Å². The molecule has 0 fully saturated rings. The van der Waals surface area contributed by atoms with Crippen LogP contribution in [0.1, 0.15) is 10.4 Å². The topological polar surface area (TPSA) is 85.1 Å². The zero-order valence-corrected chi connectivity index (χ0v) is 11.2. The van der Waals surface area contributed by atoms with Crippen molar-refractivity contribution in [1.29, 1.82) is 0 Å². The Morgan fingerprint density at radius 2 is 2.11 bits per heavy atom. The van der Waals surface area contributed by atoms with E-state index in [-0.39, 0.29) is 18.0 Å². The Kier molecular flexibility index (Phi) is 4.07. The second-order valence-corrected chi connectivity index (χ2v) is 6.31. The lowest BCUT2D eigenvalue weighted by Crippen LogP contribution is -2.24. The Morgan fingerprint density at radius 1 is 1.33 bits per heavy atom. The normalized spacial score (nSPS) is 11.6. The summed E-state index contributed by atoms with van der Waals surface area (Å²) in [6.45, 7) is 0.434. The van der Waals surface area contributed by atoms with Crippen molar-refractivity contribution in [2.75, 3.05) is 0 Å². The van der Waals surface area contributed by atoms with E-state index in [9.17, 15) is 8.42 Å². The van der Waals surface area contributed by atoms with Gasteiger partial charge < -0.3 is 5.73 Å². The van der Waals surface area contributed by atoms with Crippen LogP contribution in [0.5, 0.6) is 0 Å². The number of thiazole rings is 1. The lowest BCUT2D eigenvalue weighted by atomic mass is 10.2. The highest BCUT2D eigenvalue weighted by Gasteiger charge is 2.17. The van der Waals surface area contributed by atoms with Crippen molar-refractivity contribution in [3.05, 3.63) is 46.4 Å². The van der Waals surface area contributed by atoms with Crippen LogP contribution in [0.3, 0.4) is 0 Å². The van der Waals surface area contributed by atoms with Gasteiger partial charge in [0.05, 0.1) is 10.4 Å². The molecule has 7 heteroatoms. The van der Waals surface area contributed by atoms with E-state index in [4.69, 9.17) is 5.73 Å². The van der Waals surface area contributed by atoms with Crippen LogP contribution in [0.2, 0.25) is 0 Å². The zero-order chi connectivity index (χ0) is 13.0. The summed E-state index contributed by atoms with van der Waals surface area (Å²) in [4.78, 5) is 4.99. The Morgan fingerprint density at radius 3 is 2.78 bits per heavy atom. The number of rotatable bonds is 5.